The highest BCUT2D eigenvalue weighted by molar-refractivity contribution is 7.99. The molecule has 0 spiro atoms. The van der Waals surface area contributed by atoms with Crippen LogP contribution >= 0.6 is 11.8 Å². The van der Waals surface area contributed by atoms with Crippen molar-refractivity contribution in [3.8, 4) is 11.5 Å². The number of ether oxygens (including phenoxy) is 2. The Morgan fingerprint density at radius 2 is 1.31 bits per heavy atom. The van der Waals surface area contributed by atoms with Gasteiger partial charge in [-0.25, -0.2) is 0 Å². The van der Waals surface area contributed by atoms with Gasteiger partial charge in [0.05, 0.1) is 25.6 Å². The van der Waals surface area contributed by atoms with Crippen LogP contribution in [0.25, 0.3) is 0 Å². The van der Waals surface area contributed by atoms with Gasteiger partial charge in [-0.1, -0.05) is 42.5 Å². The summed E-state index contributed by atoms with van der Waals surface area (Å²) in [5, 5.41) is 11.0. The second kappa shape index (κ2) is 8.79. The molecule has 0 aromatic heterocycles. The highest BCUT2D eigenvalue weighted by atomic mass is 32.2. The Balaban J connectivity index is 1.98. The predicted molar refractivity (Wildman–Crippen MR) is 106 cm³/mol. The zero-order chi connectivity index (χ0) is 18.4. The molecule has 2 atom stereocenters. The molecule has 26 heavy (non-hydrogen) atoms. The van der Waals surface area contributed by atoms with Crippen molar-refractivity contribution in [2.45, 2.75) is 16.2 Å². The van der Waals surface area contributed by atoms with Gasteiger partial charge in [-0.05, 0) is 47.5 Å². The van der Waals surface area contributed by atoms with Crippen LogP contribution in [0.2, 0.25) is 0 Å². The van der Waals surface area contributed by atoms with Crippen LogP contribution in [0.3, 0.4) is 0 Å². The van der Waals surface area contributed by atoms with E-state index in [1.54, 1.807) is 26.0 Å². The Hall–Kier alpha value is -2.43. The molecule has 3 rings (SSSR count). The Bertz CT molecular complexity index is 836. The summed E-state index contributed by atoms with van der Waals surface area (Å²) in [5.41, 5.74) is 1.83. The maximum Gasteiger partial charge on any atom is 0.119 e. The zero-order valence-electron chi connectivity index (χ0n) is 14.8. The quantitative estimate of drug-likeness (QED) is 0.578. The molecule has 0 fully saturated rings. The lowest BCUT2D eigenvalue weighted by Crippen LogP contribution is -2.08. The van der Waals surface area contributed by atoms with Crippen LogP contribution in [0.15, 0.2) is 83.8 Å². The summed E-state index contributed by atoms with van der Waals surface area (Å²) in [5.74, 6) is 1.51. The number of aliphatic hydroxyl groups is 1. The van der Waals surface area contributed by atoms with E-state index in [2.05, 4.69) is 12.1 Å². The first-order chi connectivity index (χ1) is 12.7. The molecular formula is C22H22O3S. The summed E-state index contributed by atoms with van der Waals surface area (Å²) >= 11 is 1.63. The van der Waals surface area contributed by atoms with Crippen molar-refractivity contribution in [3.05, 3.63) is 90.0 Å². The van der Waals surface area contributed by atoms with Crippen LogP contribution in [-0.4, -0.2) is 19.3 Å². The Morgan fingerprint density at radius 1 is 0.731 bits per heavy atom. The van der Waals surface area contributed by atoms with Crippen LogP contribution in [0, 0.1) is 0 Å². The third kappa shape index (κ3) is 4.40. The highest BCUT2D eigenvalue weighted by Gasteiger charge is 2.25. The number of benzene rings is 3. The summed E-state index contributed by atoms with van der Waals surface area (Å²) in [6.07, 6.45) is -0.692. The van der Waals surface area contributed by atoms with Crippen molar-refractivity contribution in [3.63, 3.8) is 0 Å². The first kappa shape index (κ1) is 18.4. The lowest BCUT2D eigenvalue weighted by molar-refractivity contribution is 0.174. The smallest absolute Gasteiger partial charge is 0.119 e. The van der Waals surface area contributed by atoms with Crippen LogP contribution in [-0.2, 0) is 0 Å². The van der Waals surface area contributed by atoms with Gasteiger partial charge in [-0.15, -0.1) is 11.8 Å². The van der Waals surface area contributed by atoms with E-state index in [9.17, 15) is 5.11 Å². The van der Waals surface area contributed by atoms with E-state index in [1.807, 2.05) is 66.7 Å². The number of rotatable bonds is 7. The molecule has 0 aliphatic carbocycles. The molecular weight excluding hydrogens is 344 g/mol. The molecule has 1 N–H and O–H groups in total. The SMILES string of the molecule is COc1cccc([C@H](O)[C@@H](Sc2ccccc2)c2cccc(OC)c2)c1. The fourth-order valence-electron chi connectivity index (χ4n) is 2.78. The van der Waals surface area contributed by atoms with Gasteiger partial charge in [0.15, 0.2) is 0 Å². The number of hydrogen-bond acceptors (Lipinski definition) is 4. The van der Waals surface area contributed by atoms with Gasteiger partial charge in [0.2, 0.25) is 0 Å². The van der Waals surface area contributed by atoms with Crippen LogP contribution in [0.1, 0.15) is 22.5 Å². The second-order valence-electron chi connectivity index (χ2n) is 5.85. The van der Waals surface area contributed by atoms with Crippen LogP contribution in [0.5, 0.6) is 11.5 Å². The average Bonchev–Trinajstić information content (AvgIpc) is 2.72. The third-order valence-corrected chi connectivity index (χ3v) is 5.48. The summed E-state index contributed by atoms with van der Waals surface area (Å²) in [7, 11) is 3.28. The standard InChI is InChI=1S/C22H22O3S/c1-24-18-10-6-8-16(14-18)21(23)22(26-20-12-4-3-5-13-20)17-9-7-11-19(15-17)25-2/h3-15,21-23H,1-2H3/t21-,22-/m0/s1. The van der Waals surface area contributed by atoms with Crippen molar-refractivity contribution < 1.29 is 14.6 Å². The minimum Gasteiger partial charge on any atom is -0.497 e. The first-order valence-corrected chi connectivity index (χ1v) is 9.27. The maximum absolute atomic E-state index is 11.2. The highest BCUT2D eigenvalue weighted by Crippen LogP contribution is 2.45. The number of hydrogen-bond donors (Lipinski definition) is 1. The van der Waals surface area contributed by atoms with Gasteiger partial charge in [0.25, 0.3) is 0 Å². The lowest BCUT2D eigenvalue weighted by Gasteiger charge is -2.24. The third-order valence-electron chi connectivity index (χ3n) is 4.15. The van der Waals surface area contributed by atoms with Gasteiger partial charge >= 0.3 is 0 Å². The molecule has 0 bridgehead atoms. The zero-order valence-corrected chi connectivity index (χ0v) is 15.6. The Morgan fingerprint density at radius 3 is 1.92 bits per heavy atom. The van der Waals surface area contributed by atoms with E-state index in [1.165, 1.54) is 0 Å². The summed E-state index contributed by atoms with van der Waals surface area (Å²) < 4.78 is 10.7. The van der Waals surface area contributed by atoms with E-state index >= 15 is 0 Å². The molecule has 0 unspecified atom stereocenters. The minimum absolute atomic E-state index is 0.181. The molecule has 3 nitrogen and oxygen atoms in total. The van der Waals surface area contributed by atoms with Gasteiger partial charge in [-0.2, -0.15) is 0 Å². The minimum atomic E-state index is -0.692. The molecule has 0 saturated heterocycles. The maximum atomic E-state index is 11.2. The molecule has 3 aromatic carbocycles. The largest absolute Gasteiger partial charge is 0.497 e. The lowest BCUT2D eigenvalue weighted by atomic mass is 10.0. The van der Waals surface area contributed by atoms with E-state index in [0.717, 1.165) is 27.5 Å². The topological polar surface area (TPSA) is 38.7 Å². The molecule has 0 heterocycles. The van der Waals surface area contributed by atoms with Crippen molar-refractivity contribution in [1.82, 2.24) is 0 Å². The van der Waals surface area contributed by atoms with E-state index in [-0.39, 0.29) is 5.25 Å². The molecule has 0 amide bonds. The summed E-state index contributed by atoms with van der Waals surface area (Å²) in [6.45, 7) is 0. The number of aliphatic hydroxyl groups excluding tert-OH is 1. The molecule has 0 aliphatic rings. The normalized spacial score (nSPS) is 13.0. The number of methoxy groups -OCH3 is 2. The molecule has 0 aliphatic heterocycles. The van der Waals surface area contributed by atoms with E-state index in [0.29, 0.717) is 0 Å². The molecule has 0 radical (unpaired) electrons. The van der Waals surface area contributed by atoms with Crippen molar-refractivity contribution in [2.75, 3.05) is 14.2 Å². The second-order valence-corrected chi connectivity index (χ2v) is 7.06. The monoisotopic (exact) mass is 366 g/mol. The predicted octanol–water partition coefficient (Wildman–Crippen LogP) is 5.27. The Kier molecular flexibility index (Phi) is 6.21. The van der Waals surface area contributed by atoms with Crippen molar-refractivity contribution in [1.29, 1.82) is 0 Å². The fourth-order valence-corrected chi connectivity index (χ4v) is 3.96. The van der Waals surface area contributed by atoms with Crippen LogP contribution in [0.4, 0.5) is 0 Å². The first-order valence-electron chi connectivity index (χ1n) is 8.39. The van der Waals surface area contributed by atoms with Gasteiger partial charge in [0, 0.05) is 4.90 Å². The van der Waals surface area contributed by atoms with Gasteiger partial charge < -0.3 is 14.6 Å². The number of thioether (sulfide) groups is 1. The van der Waals surface area contributed by atoms with Gasteiger partial charge in [0.1, 0.15) is 11.5 Å². The van der Waals surface area contributed by atoms with Crippen LogP contribution < -0.4 is 9.47 Å². The van der Waals surface area contributed by atoms with E-state index in [4.69, 9.17) is 9.47 Å². The molecule has 4 heteroatoms. The molecule has 0 saturated carbocycles. The molecule has 134 valence electrons. The Labute approximate surface area is 158 Å². The average molecular weight is 366 g/mol. The van der Waals surface area contributed by atoms with Crippen molar-refractivity contribution in [2.24, 2.45) is 0 Å². The fraction of sp³-hybridized carbons (Fsp3) is 0.182. The van der Waals surface area contributed by atoms with Gasteiger partial charge in [-0.3, -0.25) is 0 Å². The summed E-state index contributed by atoms with van der Waals surface area (Å²) in [4.78, 5) is 1.10. The van der Waals surface area contributed by atoms with Crippen molar-refractivity contribution >= 4 is 11.8 Å². The van der Waals surface area contributed by atoms with E-state index < -0.39 is 6.10 Å². The summed E-state index contributed by atoms with van der Waals surface area (Å²) in [6, 6.07) is 25.5. The molecule has 3 aromatic rings.